The number of phenols is 1. The molecule has 0 atom stereocenters. The normalized spacial score (nSPS) is 13.5. The Labute approximate surface area is 653 Å². The second-order valence-electron chi connectivity index (χ2n) is 25.9. The van der Waals surface area contributed by atoms with E-state index in [-0.39, 0.29) is 72.5 Å². The average molecular weight is 1570 g/mol. The van der Waals surface area contributed by atoms with Crippen molar-refractivity contribution >= 4 is 104 Å². The number of phenolic OH excluding ortho intramolecular Hbond substituents is 1. The van der Waals surface area contributed by atoms with Gasteiger partial charge in [-0.3, -0.25) is 67.5 Å². The van der Waals surface area contributed by atoms with E-state index in [1.807, 2.05) is 12.1 Å². The zero-order valence-electron chi connectivity index (χ0n) is 60.3. The summed E-state index contributed by atoms with van der Waals surface area (Å²) in [6.45, 7) is 0.864. The highest BCUT2D eigenvalue weighted by Crippen LogP contribution is 2.31. The molecule has 0 fully saturated rings. The van der Waals surface area contributed by atoms with Gasteiger partial charge in [0.15, 0.2) is 0 Å². The summed E-state index contributed by atoms with van der Waals surface area (Å²) in [6, 6.07) is 73.0. The van der Waals surface area contributed by atoms with Gasteiger partial charge < -0.3 is 36.1 Å². The number of nitrogens with one attached hydrogen (secondary N) is 2. The highest BCUT2D eigenvalue weighted by Gasteiger charge is 2.49. The topological polar surface area (TPSA) is 367 Å². The average Bonchev–Trinajstić information content (AvgIpc) is 1.66. The third kappa shape index (κ3) is 18.1. The van der Waals surface area contributed by atoms with Crippen molar-refractivity contribution in [2.75, 3.05) is 41.7 Å². The summed E-state index contributed by atoms with van der Waals surface area (Å²) < 4.78 is 67.2. The fraction of sp³-hybridized carbons (Fsp3) is 0.0930. The summed E-state index contributed by atoms with van der Waals surface area (Å²) >= 11 is 0. The Morgan fingerprint density at radius 2 is 0.617 bits per heavy atom. The van der Waals surface area contributed by atoms with Gasteiger partial charge in [-0.1, -0.05) is 133 Å². The summed E-state index contributed by atoms with van der Waals surface area (Å²) in [5.74, 6) is -4.34. The number of ether oxygens (including phenoxy) is 1. The number of imide groups is 4. The number of fused-ring (bicyclic) bond motifs is 5. The summed E-state index contributed by atoms with van der Waals surface area (Å²) in [7, 11) is -5.73. The molecule has 578 valence electrons. The van der Waals surface area contributed by atoms with Crippen LogP contribution in [0.3, 0.4) is 0 Å². The molecule has 0 bridgehead atoms. The third-order valence-corrected chi connectivity index (χ3v) is 19.5. The molecule has 5 aliphatic rings. The molecule has 5 aliphatic heterocycles. The lowest BCUT2D eigenvalue weighted by Gasteiger charge is -2.14. The molecule has 25 nitrogen and oxygen atoms in total. The van der Waals surface area contributed by atoms with Gasteiger partial charge in [0.1, 0.15) is 11.5 Å². The van der Waals surface area contributed by atoms with E-state index in [0.717, 1.165) is 33.7 Å². The van der Waals surface area contributed by atoms with Crippen molar-refractivity contribution in [1.29, 1.82) is 0 Å². The van der Waals surface area contributed by atoms with Crippen LogP contribution in [-0.2, 0) is 40.7 Å². The molecule has 10 amide bonds. The molecule has 0 saturated heterocycles. The van der Waals surface area contributed by atoms with Crippen LogP contribution in [0.25, 0.3) is 0 Å². The number of halogens is 3. The van der Waals surface area contributed by atoms with Gasteiger partial charge in [-0.05, 0) is 175 Å². The third-order valence-electron chi connectivity index (χ3n) is 18.5. The number of esters is 2. The van der Waals surface area contributed by atoms with Crippen molar-refractivity contribution < 1.29 is 93.1 Å². The number of alkyl halides is 3. The van der Waals surface area contributed by atoms with Gasteiger partial charge in [-0.2, -0.15) is 21.6 Å². The first-order valence-corrected chi connectivity index (χ1v) is 36.6. The standard InChI is InChI=1S/C23H19N3O3.C22H17N3O3.C17H12F3NO5S.C16H13NO3.C8H4O3/c24-19-7-3-4-8-20(19)25-21(27)16-11-9-15(10-12-16)13-14-26-22(28)17-5-1-2-6-18(17)23(26)29;23-18-7-3-4-8-19(18)24-20(26)15-11-9-14(10-12-15)13-25-21(27)16-5-1-2-6-17(16)22(25)28;18-17(19,20)27(24,25)26-12-7-5-11(6-8-12)9-10-21-15(22)13-3-1-2-4-14(13)16(21)23;18-12-7-5-11(6-8-12)9-10-17-15(19)13-3-1-2-4-14(13)16(17)20;9-7-5-3-1-2-4-6(5)8(10)11-7/h1-12H,13-14,24H2,(H,25,27);1-12H,13,23H2,(H,24,26);1-8H,9-10H2;1-8,18H,9-10H2;1-4H. The first-order chi connectivity index (χ1) is 55.1. The summed E-state index contributed by atoms with van der Waals surface area (Å²) in [4.78, 5) is 150. The van der Waals surface area contributed by atoms with Crippen molar-refractivity contribution in [1.82, 2.24) is 19.6 Å². The number of benzene rings is 11. The number of carbonyl (C=O) groups excluding carboxylic acids is 12. The number of para-hydroxylation sites is 4. The Kier molecular flexibility index (Phi) is 23.9. The molecule has 0 radical (unpaired) electrons. The van der Waals surface area contributed by atoms with Gasteiger partial charge in [-0.25, -0.2) is 9.59 Å². The second kappa shape index (κ2) is 34.5. The van der Waals surface area contributed by atoms with Gasteiger partial charge in [0.05, 0.1) is 84.9 Å². The monoisotopic (exact) mass is 1570 g/mol. The highest BCUT2D eigenvalue weighted by molar-refractivity contribution is 7.88. The summed E-state index contributed by atoms with van der Waals surface area (Å²) in [5.41, 5.74) is 16.5. The molecule has 7 N–H and O–H groups in total. The molecule has 0 unspecified atom stereocenters. The van der Waals surface area contributed by atoms with Crippen LogP contribution in [0.1, 0.15) is 147 Å². The van der Waals surface area contributed by atoms with E-state index >= 15 is 0 Å². The minimum absolute atomic E-state index is 0.0768. The Bertz CT molecular complexity index is 5650. The molecule has 0 spiro atoms. The predicted octanol–water partition coefficient (Wildman–Crippen LogP) is 12.7. The van der Waals surface area contributed by atoms with Crippen molar-refractivity contribution in [2.45, 2.75) is 31.3 Å². The summed E-state index contributed by atoms with van der Waals surface area (Å²) in [6.07, 6.45) is 1.34. The van der Waals surface area contributed by atoms with Gasteiger partial charge >= 0.3 is 27.6 Å². The van der Waals surface area contributed by atoms with Crippen LogP contribution in [0.5, 0.6) is 11.5 Å². The maximum absolute atomic E-state index is 12.5. The number of rotatable bonds is 17. The van der Waals surface area contributed by atoms with Crippen molar-refractivity contribution in [2.24, 2.45) is 0 Å². The molecule has 0 aromatic heterocycles. The van der Waals surface area contributed by atoms with Crippen LogP contribution < -0.4 is 26.3 Å². The number of cyclic esters (lactones) is 2. The Hall–Kier alpha value is -15.0. The second-order valence-corrected chi connectivity index (χ2v) is 27.4. The maximum Gasteiger partial charge on any atom is 0.534 e. The van der Waals surface area contributed by atoms with Gasteiger partial charge in [0.25, 0.3) is 59.1 Å². The first kappa shape index (κ1) is 79.5. The van der Waals surface area contributed by atoms with Crippen LogP contribution in [0, 0.1) is 0 Å². The quantitative estimate of drug-likeness (QED) is 0.0141. The minimum Gasteiger partial charge on any atom is -0.508 e. The lowest BCUT2D eigenvalue weighted by atomic mass is 10.1. The van der Waals surface area contributed by atoms with E-state index in [4.69, 9.17) is 11.5 Å². The van der Waals surface area contributed by atoms with Crippen LogP contribution >= 0.6 is 0 Å². The van der Waals surface area contributed by atoms with Crippen LogP contribution in [0.2, 0.25) is 0 Å². The molecule has 0 aliphatic carbocycles. The van der Waals surface area contributed by atoms with Crippen LogP contribution in [-0.4, -0.2) is 129 Å². The molecule has 29 heteroatoms. The van der Waals surface area contributed by atoms with Crippen LogP contribution in [0.15, 0.2) is 267 Å². The lowest BCUT2D eigenvalue weighted by Crippen LogP contribution is -2.31. The van der Waals surface area contributed by atoms with Crippen molar-refractivity contribution in [3.63, 3.8) is 0 Å². The van der Waals surface area contributed by atoms with E-state index in [9.17, 15) is 84.2 Å². The minimum atomic E-state index is -5.73. The molecule has 115 heavy (non-hydrogen) atoms. The highest BCUT2D eigenvalue weighted by atomic mass is 32.2. The van der Waals surface area contributed by atoms with E-state index in [1.54, 1.807) is 231 Å². The predicted molar refractivity (Wildman–Crippen MR) is 414 cm³/mol. The van der Waals surface area contributed by atoms with Crippen molar-refractivity contribution in [3.8, 4) is 11.5 Å². The number of carbonyl (C=O) groups is 12. The number of anilines is 4. The lowest BCUT2D eigenvalue weighted by molar-refractivity contribution is -0.0500. The van der Waals surface area contributed by atoms with Crippen molar-refractivity contribution in [3.05, 3.63) is 356 Å². The Morgan fingerprint density at radius 1 is 0.357 bits per heavy atom. The molecule has 11 aromatic carbocycles. The van der Waals surface area contributed by atoms with E-state index in [1.165, 1.54) is 26.8 Å². The largest absolute Gasteiger partial charge is 0.534 e. The zero-order valence-corrected chi connectivity index (χ0v) is 61.1. The van der Waals surface area contributed by atoms with E-state index in [2.05, 4.69) is 19.6 Å². The van der Waals surface area contributed by atoms with Gasteiger partial charge in [0, 0.05) is 30.8 Å². The molecule has 16 rings (SSSR count). The Balaban J connectivity index is 0.000000136. The number of aromatic hydroxyl groups is 1. The zero-order chi connectivity index (χ0) is 81.8. The molecule has 0 saturated carbocycles. The van der Waals surface area contributed by atoms with E-state index < -0.39 is 45.1 Å². The molecule has 11 aromatic rings. The number of nitrogens with two attached hydrogens (primary N) is 2. The number of nitrogen functional groups attached to an aromatic ring is 2. The fourth-order valence-electron chi connectivity index (χ4n) is 12.4. The smallest absolute Gasteiger partial charge is 0.508 e. The molecular weight excluding hydrogens is 1510 g/mol. The van der Waals surface area contributed by atoms with Crippen LogP contribution in [0.4, 0.5) is 35.9 Å². The Morgan fingerprint density at radius 3 is 0.922 bits per heavy atom. The first-order valence-electron chi connectivity index (χ1n) is 35.2. The number of amides is 10. The van der Waals surface area contributed by atoms with Gasteiger partial charge in [-0.15, -0.1) is 0 Å². The number of nitrogens with zero attached hydrogens (tertiary/aromatic N) is 4. The number of hydrogen-bond donors (Lipinski definition) is 5. The summed E-state index contributed by atoms with van der Waals surface area (Å²) in [5, 5.41) is 14.8. The van der Waals surface area contributed by atoms with E-state index in [0.29, 0.717) is 121 Å². The molecule has 5 heterocycles. The van der Waals surface area contributed by atoms with Gasteiger partial charge in [0.2, 0.25) is 0 Å². The molecular formula is C86H65F3N8O17S. The number of hydrogen-bond acceptors (Lipinski definition) is 19. The SMILES string of the molecule is Nc1ccccc1NC(=O)c1ccc(CCN2C(=O)c3ccccc3C2=O)cc1.Nc1ccccc1NC(=O)c1ccc(CN2C(=O)c3ccccc3C2=O)cc1.O=C1OC(=O)c2ccccc21.O=C1c2ccccc2C(=O)N1CCc1ccc(O)cc1.O=C1c2ccccc2C(=O)N1CCc1ccc(OS(=O)(=O)C(F)(F)F)cc1. The fourth-order valence-corrected chi connectivity index (χ4v) is 12.9. The maximum atomic E-state index is 12.5.